The van der Waals surface area contributed by atoms with Crippen LogP contribution in [0, 0.1) is 11.5 Å². The second kappa shape index (κ2) is 10.8. The zero-order valence-corrected chi connectivity index (χ0v) is 12.1. The second-order valence-electron chi connectivity index (χ2n) is 4.18. The van der Waals surface area contributed by atoms with Gasteiger partial charge in [0.15, 0.2) is 0 Å². The summed E-state index contributed by atoms with van der Waals surface area (Å²) >= 11 is 0. The largest absolute Gasteiger partial charge is 0.372 e. The van der Waals surface area contributed by atoms with Gasteiger partial charge in [-0.05, 0) is 11.1 Å². The molecule has 4 heteroatoms. The van der Waals surface area contributed by atoms with E-state index in [1.165, 1.54) is 17.4 Å². The van der Waals surface area contributed by atoms with Crippen LogP contribution in [0.3, 0.4) is 0 Å². The third kappa shape index (κ3) is 7.63. The first-order chi connectivity index (χ1) is 10.8. The van der Waals surface area contributed by atoms with Crippen LogP contribution in [0.4, 0.5) is 0 Å². The summed E-state index contributed by atoms with van der Waals surface area (Å²) in [6.07, 6.45) is 2.12. The molecular formula is C18H17NO3. The first-order valence-electron chi connectivity index (χ1n) is 6.64. The van der Waals surface area contributed by atoms with E-state index in [0.717, 1.165) is 6.08 Å². The third-order valence-electron chi connectivity index (χ3n) is 2.54. The number of esters is 1. The van der Waals surface area contributed by atoms with Gasteiger partial charge in [-0.2, -0.15) is 0 Å². The molecule has 2 aromatic carbocycles. The molecule has 4 nitrogen and oxygen atoms in total. The maximum atomic E-state index is 9.85. The Bertz CT molecular complexity index is 564. The highest BCUT2D eigenvalue weighted by atomic mass is 16.5. The minimum Gasteiger partial charge on any atom is -0.372 e. The van der Waals surface area contributed by atoms with E-state index < -0.39 is 5.97 Å². The molecular weight excluding hydrogens is 278 g/mol. The number of nitrogens with zero attached hydrogens (tertiary/aromatic N) is 1. The molecule has 0 aliphatic heterocycles. The summed E-state index contributed by atoms with van der Waals surface area (Å²) in [5.74, 6) is -0.720. The van der Waals surface area contributed by atoms with Crippen LogP contribution in [0.15, 0.2) is 73.3 Å². The molecule has 0 aliphatic rings. The number of hydrogen-bond donors (Lipinski definition) is 0. The zero-order valence-electron chi connectivity index (χ0n) is 12.1. The number of ether oxygens (including phenoxy) is 2. The molecule has 0 aliphatic carbocycles. The highest BCUT2D eigenvalue weighted by molar-refractivity contribution is 5.81. The summed E-state index contributed by atoms with van der Waals surface area (Å²) in [5, 5.41) is 7.63. The molecule has 0 saturated heterocycles. The van der Waals surface area contributed by atoms with Crippen LogP contribution in [0.5, 0.6) is 0 Å². The van der Waals surface area contributed by atoms with E-state index in [4.69, 9.17) is 10.00 Å². The molecule has 0 heterocycles. The summed E-state index contributed by atoms with van der Waals surface area (Å²) < 4.78 is 9.35. The van der Waals surface area contributed by atoms with Gasteiger partial charge in [0.1, 0.15) is 0 Å². The van der Waals surface area contributed by atoms with Gasteiger partial charge in [0, 0.05) is 6.08 Å². The molecule has 0 saturated carbocycles. The number of nitriles is 1. The Labute approximate surface area is 130 Å². The van der Waals surface area contributed by atoms with Crippen molar-refractivity contribution in [3.8, 4) is 6.26 Å². The normalized spacial score (nSPS) is 8.86. The summed E-state index contributed by atoms with van der Waals surface area (Å²) in [4.78, 5) is 9.85. The number of carbonyl (C=O) groups excluding carboxylic acids is 1. The lowest BCUT2D eigenvalue weighted by atomic mass is 10.2. The number of benzene rings is 2. The molecule has 0 bridgehead atoms. The van der Waals surface area contributed by atoms with Gasteiger partial charge in [-0.3, -0.25) is 0 Å². The van der Waals surface area contributed by atoms with Gasteiger partial charge in [-0.1, -0.05) is 67.2 Å². The van der Waals surface area contributed by atoms with Crippen molar-refractivity contribution in [1.29, 1.82) is 5.26 Å². The first-order valence-corrected chi connectivity index (χ1v) is 6.64. The Morgan fingerprint density at radius 1 is 1.00 bits per heavy atom. The van der Waals surface area contributed by atoms with E-state index in [0.29, 0.717) is 13.2 Å². The maximum absolute atomic E-state index is 9.85. The van der Waals surface area contributed by atoms with Crippen LogP contribution in [0.1, 0.15) is 11.1 Å². The molecule has 2 aromatic rings. The molecule has 0 aromatic heterocycles. The Kier molecular flexibility index (Phi) is 8.45. The second-order valence-corrected chi connectivity index (χ2v) is 4.18. The van der Waals surface area contributed by atoms with Crippen LogP contribution in [0.2, 0.25) is 0 Å². The van der Waals surface area contributed by atoms with E-state index in [9.17, 15) is 4.79 Å². The van der Waals surface area contributed by atoms with E-state index in [1.807, 2.05) is 36.4 Å². The molecule has 0 amide bonds. The lowest BCUT2D eigenvalue weighted by molar-refractivity contribution is -0.131. The Balaban J connectivity index is 0.000000295. The van der Waals surface area contributed by atoms with Crippen molar-refractivity contribution in [2.75, 3.05) is 0 Å². The van der Waals surface area contributed by atoms with E-state index in [-0.39, 0.29) is 0 Å². The molecule has 0 atom stereocenters. The minimum absolute atomic E-state index is 0.676. The fourth-order valence-electron chi connectivity index (χ4n) is 1.52. The summed E-state index contributed by atoms with van der Waals surface area (Å²) in [6.45, 7) is 4.41. The minimum atomic E-state index is -0.720. The summed E-state index contributed by atoms with van der Waals surface area (Å²) in [6, 6.07) is 20.4. The van der Waals surface area contributed by atoms with Crippen molar-refractivity contribution < 1.29 is 14.3 Å². The number of rotatable bonds is 5. The average molecular weight is 295 g/mol. The topological polar surface area (TPSA) is 59.3 Å². The smallest absolute Gasteiger partial charge is 0.345 e. The zero-order chi connectivity index (χ0) is 16.0. The van der Waals surface area contributed by atoms with Gasteiger partial charge in [0.05, 0.1) is 13.2 Å². The number of carbonyl (C=O) groups is 1. The predicted octanol–water partition coefficient (Wildman–Crippen LogP) is 3.60. The monoisotopic (exact) mass is 295 g/mol. The lowest BCUT2D eigenvalue weighted by Gasteiger charge is -2.03. The van der Waals surface area contributed by atoms with Crippen molar-refractivity contribution in [3.05, 3.63) is 84.4 Å². The van der Waals surface area contributed by atoms with Crippen LogP contribution in [-0.2, 0) is 27.5 Å². The van der Waals surface area contributed by atoms with Crippen molar-refractivity contribution in [1.82, 2.24) is 0 Å². The van der Waals surface area contributed by atoms with E-state index in [1.54, 1.807) is 0 Å². The third-order valence-corrected chi connectivity index (χ3v) is 2.54. The van der Waals surface area contributed by atoms with Gasteiger partial charge in [-0.15, -0.1) is 5.26 Å². The lowest BCUT2D eigenvalue weighted by Crippen LogP contribution is -1.93. The van der Waals surface area contributed by atoms with Gasteiger partial charge in [-0.25, -0.2) is 4.79 Å². The molecule has 22 heavy (non-hydrogen) atoms. The molecule has 0 N–H and O–H groups in total. The predicted molar refractivity (Wildman–Crippen MR) is 83.3 cm³/mol. The molecule has 0 unspecified atom stereocenters. The van der Waals surface area contributed by atoms with Crippen LogP contribution in [0.25, 0.3) is 0 Å². The fraction of sp³-hybridized carbons (Fsp3) is 0.111. The van der Waals surface area contributed by atoms with Gasteiger partial charge >= 0.3 is 5.97 Å². The quantitative estimate of drug-likeness (QED) is 0.480. The van der Waals surface area contributed by atoms with Crippen molar-refractivity contribution in [3.63, 3.8) is 0 Å². The molecule has 2 rings (SSSR count). The van der Waals surface area contributed by atoms with Crippen LogP contribution in [-0.4, -0.2) is 5.97 Å². The van der Waals surface area contributed by atoms with E-state index in [2.05, 4.69) is 35.6 Å². The van der Waals surface area contributed by atoms with Crippen molar-refractivity contribution >= 4 is 5.97 Å². The Hall–Kier alpha value is -2.90. The standard InChI is InChI=1S/C14H14O.C4H3NO2/c1-3-7-13(8-4-1)11-15-12-14-9-5-2-6-10-14;1-2-4(6)7-3-5/h1-10H,11-12H2;2H,1H2. The SMILES string of the molecule is C=CC(=O)OC#N.c1ccc(COCc2ccccc2)cc1. The van der Waals surface area contributed by atoms with Crippen LogP contribution < -0.4 is 0 Å². The van der Waals surface area contributed by atoms with E-state index >= 15 is 0 Å². The Morgan fingerprint density at radius 2 is 1.45 bits per heavy atom. The van der Waals surface area contributed by atoms with Gasteiger partial charge in [0.25, 0.3) is 6.26 Å². The number of hydrogen-bond acceptors (Lipinski definition) is 4. The molecule has 0 spiro atoms. The molecule has 112 valence electrons. The van der Waals surface area contributed by atoms with Gasteiger partial charge in [0.2, 0.25) is 0 Å². The Morgan fingerprint density at radius 3 is 1.77 bits per heavy atom. The average Bonchev–Trinajstić information content (AvgIpc) is 2.57. The van der Waals surface area contributed by atoms with Crippen molar-refractivity contribution in [2.24, 2.45) is 0 Å². The van der Waals surface area contributed by atoms with Crippen molar-refractivity contribution in [2.45, 2.75) is 13.2 Å². The highest BCUT2D eigenvalue weighted by Crippen LogP contribution is 2.05. The van der Waals surface area contributed by atoms with Gasteiger partial charge < -0.3 is 9.47 Å². The summed E-state index contributed by atoms with van der Waals surface area (Å²) in [5.41, 5.74) is 2.43. The fourth-order valence-corrected chi connectivity index (χ4v) is 1.52. The highest BCUT2D eigenvalue weighted by Gasteiger charge is 1.93. The molecule has 0 radical (unpaired) electrons. The maximum Gasteiger partial charge on any atom is 0.345 e. The first kappa shape index (κ1) is 17.2. The molecule has 0 fully saturated rings. The summed E-state index contributed by atoms with van der Waals surface area (Å²) in [7, 11) is 0. The van der Waals surface area contributed by atoms with Crippen LogP contribution >= 0.6 is 0 Å².